The highest BCUT2D eigenvalue weighted by molar-refractivity contribution is 5.39. The Balaban J connectivity index is 1.29. The molecular formula is C33H54O3. The van der Waals surface area contributed by atoms with Gasteiger partial charge in [-0.25, -0.2) is 0 Å². The van der Waals surface area contributed by atoms with Crippen LogP contribution in [0.1, 0.15) is 112 Å². The van der Waals surface area contributed by atoms with Crippen molar-refractivity contribution >= 4 is 0 Å². The SMILES string of the molecule is CC(C)C(C)[C@H](O)C[C@@H](C)[C@H]1CC[C@H]2C3=CC=C4C[C@@H](OC5CCCCO5)CC[C@]4(C)[C@H]3CC[C@]12C. The van der Waals surface area contributed by atoms with E-state index in [9.17, 15) is 5.11 Å². The summed E-state index contributed by atoms with van der Waals surface area (Å²) in [5.41, 5.74) is 4.12. The van der Waals surface area contributed by atoms with Crippen LogP contribution < -0.4 is 0 Å². The van der Waals surface area contributed by atoms with E-state index in [1.807, 2.05) is 0 Å². The molecule has 10 atom stereocenters. The van der Waals surface area contributed by atoms with Gasteiger partial charge in [0, 0.05) is 6.61 Å². The van der Waals surface area contributed by atoms with Gasteiger partial charge in [0.25, 0.3) is 0 Å². The molecule has 1 saturated heterocycles. The standard InChI is InChI=1S/C33H54O3/c1-21(2)23(4)30(34)19-22(3)27-12-13-28-26-11-10-24-20-25(36-31-9-7-8-18-35-31)14-16-32(24,5)29(26)15-17-33(27,28)6/h10-11,21-23,25,27-31,34H,7-9,12-20H2,1-6H3/t22-,23?,25+,27-,28+,29+,30-,31?,32+,33-/m1/s1. The molecule has 0 aromatic carbocycles. The number of hydrogen-bond donors (Lipinski definition) is 1. The van der Waals surface area contributed by atoms with E-state index >= 15 is 0 Å². The first-order chi connectivity index (χ1) is 17.1. The quantitative estimate of drug-likeness (QED) is 0.385. The fraction of sp³-hybridized carbons (Fsp3) is 0.879. The molecular weight excluding hydrogens is 444 g/mol. The van der Waals surface area contributed by atoms with Crippen molar-refractivity contribution in [3.8, 4) is 0 Å². The lowest BCUT2D eigenvalue weighted by atomic mass is 9.50. The highest BCUT2D eigenvalue weighted by Crippen LogP contribution is 2.66. The van der Waals surface area contributed by atoms with Crippen molar-refractivity contribution < 1.29 is 14.6 Å². The van der Waals surface area contributed by atoms with Gasteiger partial charge in [0.1, 0.15) is 0 Å². The van der Waals surface area contributed by atoms with E-state index < -0.39 is 0 Å². The van der Waals surface area contributed by atoms with Crippen LogP contribution in [-0.2, 0) is 9.47 Å². The summed E-state index contributed by atoms with van der Waals surface area (Å²) in [7, 11) is 0. The maximum Gasteiger partial charge on any atom is 0.157 e. The third-order valence-corrected chi connectivity index (χ3v) is 12.0. The highest BCUT2D eigenvalue weighted by Gasteiger charge is 2.57. The van der Waals surface area contributed by atoms with Gasteiger partial charge in [0.15, 0.2) is 6.29 Å². The normalized spacial score (nSPS) is 43.1. The zero-order valence-electron chi connectivity index (χ0n) is 24.1. The summed E-state index contributed by atoms with van der Waals surface area (Å²) in [6, 6.07) is 0. The van der Waals surface area contributed by atoms with Crippen LogP contribution in [0.5, 0.6) is 0 Å². The molecule has 0 amide bonds. The molecule has 5 aliphatic rings. The number of allylic oxidation sites excluding steroid dienone is 3. The van der Waals surface area contributed by atoms with Crippen LogP contribution in [0.25, 0.3) is 0 Å². The summed E-state index contributed by atoms with van der Waals surface area (Å²) < 4.78 is 12.3. The molecule has 204 valence electrons. The maximum absolute atomic E-state index is 10.9. The van der Waals surface area contributed by atoms with Crippen molar-refractivity contribution in [1.29, 1.82) is 0 Å². The number of hydrogen-bond acceptors (Lipinski definition) is 3. The minimum absolute atomic E-state index is 0.0262. The Morgan fingerprint density at radius 1 is 0.972 bits per heavy atom. The molecule has 5 rings (SSSR count). The van der Waals surface area contributed by atoms with Gasteiger partial charge in [-0.05, 0) is 117 Å². The first kappa shape index (κ1) is 26.9. The molecule has 0 aromatic rings. The Morgan fingerprint density at radius 2 is 1.78 bits per heavy atom. The van der Waals surface area contributed by atoms with E-state index in [2.05, 4.69) is 53.7 Å². The van der Waals surface area contributed by atoms with Crippen LogP contribution in [0.15, 0.2) is 23.3 Å². The Hall–Kier alpha value is -0.640. The lowest BCUT2D eigenvalue weighted by Crippen LogP contribution is -2.47. The second-order valence-corrected chi connectivity index (χ2v) is 14.3. The molecule has 1 N–H and O–H groups in total. The minimum atomic E-state index is -0.172. The van der Waals surface area contributed by atoms with Crippen molar-refractivity contribution in [1.82, 2.24) is 0 Å². The topological polar surface area (TPSA) is 38.7 Å². The summed E-state index contributed by atoms with van der Waals surface area (Å²) in [5.74, 6) is 3.68. The Labute approximate surface area is 221 Å². The molecule has 1 heterocycles. The second-order valence-electron chi connectivity index (χ2n) is 14.3. The third kappa shape index (κ3) is 4.79. The molecule has 0 bridgehead atoms. The fourth-order valence-corrected chi connectivity index (χ4v) is 9.30. The summed E-state index contributed by atoms with van der Waals surface area (Å²) >= 11 is 0. The molecule has 0 spiro atoms. The van der Waals surface area contributed by atoms with Gasteiger partial charge in [-0.15, -0.1) is 0 Å². The lowest BCUT2D eigenvalue weighted by molar-refractivity contribution is -0.193. The minimum Gasteiger partial charge on any atom is -0.393 e. The van der Waals surface area contributed by atoms with Crippen LogP contribution in [0.3, 0.4) is 0 Å². The number of rotatable bonds is 7. The molecule has 4 aliphatic carbocycles. The summed E-state index contributed by atoms with van der Waals surface area (Å²) in [6.45, 7) is 15.2. The molecule has 0 radical (unpaired) electrons. The molecule has 0 aromatic heterocycles. The van der Waals surface area contributed by atoms with Gasteiger partial charge in [0.05, 0.1) is 12.2 Å². The molecule has 3 heteroatoms. The predicted octanol–water partition coefficient (Wildman–Crippen LogP) is 8.08. The van der Waals surface area contributed by atoms with E-state index in [4.69, 9.17) is 9.47 Å². The van der Waals surface area contributed by atoms with E-state index in [0.29, 0.717) is 40.6 Å². The van der Waals surface area contributed by atoms with Crippen molar-refractivity contribution in [3.63, 3.8) is 0 Å². The van der Waals surface area contributed by atoms with E-state index in [1.165, 1.54) is 51.4 Å². The largest absolute Gasteiger partial charge is 0.393 e. The van der Waals surface area contributed by atoms with Gasteiger partial charge < -0.3 is 14.6 Å². The molecule has 3 saturated carbocycles. The fourth-order valence-electron chi connectivity index (χ4n) is 9.30. The molecule has 3 nitrogen and oxygen atoms in total. The number of ether oxygens (including phenoxy) is 2. The predicted molar refractivity (Wildman–Crippen MR) is 147 cm³/mol. The van der Waals surface area contributed by atoms with Crippen molar-refractivity contribution in [3.05, 3.63) is 23.3 Å². The monoisotopic (exact) mass is 498 g/mol. The summed E-state index contributed by atoms with van der Waals surface area (Å²) in [5, 5.41) is 10.9. The molecule has 4 fully saturated rings. The number of aliphatic hydroxyl groups is 1. The van der Waals surface area contributed by atoms with Crippen LogP contribution in [0.2, 0.25) is 0 Å². The van der Waals surface area contributed by atoms with E-state index in [0.717, 1.165) is 37.7 Å². The molecule has 1 aliphatic heterocycles. The summed E-state index contributed by atoms with van der Waals surface area (Å²) in [6.07, 6.45) is 18.6. The van der Waals surface area contributed by atoms with Crippen molar-refractivity contribution in [2.24, 2.45) is 46.3 Å². The summed E-state index contributed by atoms with van der Waals surface area (Å²) in [4.78, 5) is 0. The first-order valence-electron chi connectivity index (χ1n) is 15.5. The van der Waals surface area contributed by atoms with Gasteiger partial charge >= 0.3 is 0 Å². The van der Waals surface area contributed by atoms with Crippen molar-refractivity contribution in [2.45, 2.75) is 131 Å². The Bertz CT molecular complexity index is 838. The number of fused-ring (bicyclic) bond motifs is 5. The van der Waals surface area contributed by atoms with Gasteiger partial charge in [-0.1, -0.05) is 64.8 Å². The number of aliphatic hydroxyl groups excluding tert-OH is 1. The first-order valence-corrected chi connectivity index (χ1v) is 15.5. The van der Waals surface area contributed by atoms with Crippen LogP contribution in [-0.4, -0.2) is 30.2 Å². The van der Waals surface area contributed by atoms with E-state index in [-0.39, 0.29) is 12.4 Å². The van der Waals surface area contributed by atoms with Gasteiger partial charge in [-0.3, -0.25) is 0 Å². The highest BCUT2D eigenvalue weighted by atomic mass is 16.7. The molecule has 36 heavy (non-hydrogen) atoms. The average Bonchev–Trinajstić information content (AvgIpc) is 3.21. The zero-order chi connectivity index (χ0) is 25.7. The Morgan fingerprint density at radius 3 is 2.50 bits per heavy atom. The Kier molecular flexibility index (Phi) is 7.86. The van der Waals surface area contributed by atoms with Crippen molar-refractivity contribution in [2.75, 3.05) is 6.61 Å². The smallest absolute Gasteiger partial charge is 0.157 e. The zero-order valence-corrected chi connectivity index (χ0v) is 24.1. The van der Waals surface area contributed by atoms with Gasteiger partial charge in [0.2, 0.25) is 0 Å². The van der Waals surface area contributed by atoms with Crippen LogP contribution >= 0.6 is 0 Å². The maximum atomic E-state index is 10.9. The molecule has 2 unspecified atom stereocenters. The lowest BCUT2D eigenvalue weighted by Gasteiger charge is -2.55. The van der Waals surface area contributed by atoms with Crippen LogP contribution in [0, 0.1) is 46.3 Å². The second kappa shape index (κ2) is 10.5. The van der Waals surface area contributed by atoms with Crippen LogP contribution in [0.4, 0.5) is 0 Å². The average molecular weight is 499 g/mol. The third-order valence-electron chi connectivity index (χ3n) is 12.0. The van der Waals surface area contributed by atoms with E-state index in [1.54, 1.807) is 11.1 Å². The van der Waals surface area contributed by atoms with Gasteiger partial charge in [-0.2, -0.15) is 0 Å².